The Morgan fingerprint density at radius 3 is 2.39 bits per heavy atom. The normalized spacial score (nSPS) is 19.8. The van der Waals surface area contributed by atoms with Gasteiger partial charge in [0.25, 0.3) is 0 Å². The first kappa shape index (κ1) is 13.4. The molecule has 0 spiro atoms. The summed E-state index contributed by atoms with van der Waals surface area (Å²) in [6, 6.07) is 4.38. The van der Waals surface area contributed by atoms with Crippen molar-refractivity contribution in [3.63, 3.8) is 0 Å². The molecule has 1 fully saturated rings. The first-order valence-electron chi connectivity index (χ1n) is 6.88. The molecule has 0 aliphatic heterocycles. The van der Waals surface area contributed by atoms with E-state index in [1.165, 1.54) is 42.4 Å². The van der Waals surface area contributed by atoms with Crippen molar-refractivity contribution < 1.29 is 4.74 Å². The summed E-state index contributed by atoms with van der Waals surface area (Å²) in [5, 5.41) is 0. The maximum Gasteiger partial charge on any atom is 0.124 e. The van der Waals surface area contributed by atoms with Crippen molar-refractivity contribution in [2.24, 2.45) is 11.1 Å². The fourth-order valence-corrected chi connectivity index (χ4v) is 3.35. The molecular formula is C16H25NO. The van der Waals surface area contributed by atoms with Gasteiger partial charge in [-0.05, 0) is 49.3 Å². The van der Waals surface area contributed by atoms with Gasteiger partial charge in [-0.15, -0.1) is 0 Å². The molecule has 2 nitrogen and oxygen atoms in total. The minimum atomic E-state index is 0.0792. The Bertz CT molecular complexity index is 433. The smallest absolute Gasteiger partial charge is 0.124 e. The Balaban J connectivity index is 2.43. The van der Waals surface area contributed by atoms with Gasteiger partial charge in [0.2, 0.25) is 0 Å². The summed E-state index contributed by atoms with van der Waals surface area (Å²) in [5.41, 5.74) is 10.5. The fraction of sp³-hybridized carbons (Fsp3) is 0.625. The quantitative estimate of drug-likeness (QED) is 0.879. The lowest BCUT2D eigenvalue weighted by molar-refractivity contribution is 0.258. The second-order valence-corrected chi connectivity index (χ2v) is 6.04. The first-order chi connectivity index (χ1) is 8.48. The first-order valence-corrected chi connectivity index (χ1v) is 6.88. The van der Waals surface area contributed by atoms with Gasteiger partial charge in [0.05, 0.1) is 7.11 Å². The van der Waals surface area contributed by atoms with E-state index in [4.69, 9.17) is 10.5 Å². The Hall–Kier alpha value is -1.02. The van der Waals surface area contributed by atoms with Gasteiger partial charge in [-0.2, -0.15) is 0 Å². The van der Waals surface area contributed by atoms with Crippen LogP contribution in [-0.2, 0) is 0 Å². The van der Waals surface area contributed by atoms with Gasteiger partial charge < -0.3 is 10.5 Å². The SMILES string of the molecule is COc1cc(C)cc(C)c1C(N)C1(C)CCCC1. The number of benzene rings is 1. The molecule has 2 heteroatoms. The number of nitrogens with two attached hydrogens (primary N) is 1. The lowest BCUT2D eigenvalue weighted by atomic mass is 9.76. The summed E-state index contributed by atoms with van der Waals surface area (Å²) < 4.78 is 5.55. The molecule has 0 aromatic heterocycles. The number of aryl methyl sites for hydroxylation is 2. The van der Waals surface area contributed by atoms with Crippen LogP contribution in [0.3, 0.4) is 0 Å². The monoisotopic (exact) mass is 247 g/mol. The lowest BCUT2D eigenvalue weighted by Crippen LogP contribution is -2.30. The molecule has 1 aliphatic carbocycles. The van der Waals surface area contributed by atoms with Crippen molar-refractivity contribution in [1.29, 1.82) is 0 Å². The number of rotatable bonds is 3. The van der Waals surface area contributed by atoms with Crippen molar-refractivity contribution in [2.45, 2.75) is 52.5 Å². The molecule has 18 heavy (non-hydrogen) atoms. The summed E-state index contributed by atoms with van der Waals surface area (Å²) >= 11 is 0. The molecule has 1 unspecified atom stereocenters. The summed E-state index contributed by atoms with van der Waals surface area (Å²) in [6.07, 6.45) is 5.06. The van der Waals surface area contributed by atoms with Gasteiger partial charge in [0.1, 0.15) is 5.75 Å². The van der Waals surface area contributed by atoms with Crippen molar-refractivity contribution in [1.82, 2.24) is 0 Å². The van der Waals surface area contributed by atoms with Crippen molar-refractivity contribution in [2.75, 3.05) is 7.11 Å². The molecule has 0 radical (unpaired) electrons. The zero-order valence-electron chi connectivity index (χ0n) is 12.0. The number of hydrogen-bond donors (Lipinski definition) is 1. The highest BCUT2D eigenvalue weighted by Gasteiger charge is 2.37. The average Bonchev–Trinajstić information content (AvgIpc) is 2.75. The van der Waals surface area contributed by atoms with Crippen LogP contribution in [0.5, 0.6) is 5.75 Å². The van der Waals surface area contributed by atoms with Crippen LogP contribution in [0.4, 0.5) is 0 Å². The second-order valence-electron chi connectivity index (χ2n) is 6.04. The molecule has 1 aromatic rings. The van der Waals surface area contributed by atoms with Crippen molar-refractivity contribution in [3.8, 4) is 5.75 Å². The summed E-state index contributed by atoms with van der Waals surface area (Å²) in [5.74, 6) is 0.952. The van der Waals surface area contributed by atoms with Crippen molar-refractivity contribution in [3.05, 3.63) is 28.8 Å². The van der Waals surface area contributed by atoms with E-state index in [-0.39, 0.29) is 11.5 Å². The molecular weight excluding hydrogens is 222 g/mol. The van der Waals surface area contributed by atoms with Gasteiger partial charge in [0, 0.05) is 11.6 Å². The van der Waals surface area contributed by atoms with Crippen LogP contribution in [-0.4, -0.2) is 7.11 Å². The van der Waals surface area contributed by atoms with Crippen LogP contribution in [0.1, 0.15) is 55.3 Å². The molecule has 1 aliphatic rings. The topological polar surface area (TPSA) is 35.2 Å². The molecule has 1 aromatic carbocycles. The molecule has 0 saturated heterocycles. The largest absolute Gasteiger partial charge is 0.496 e. The highest BCUT2D eigenvalue weighted by atomic mass is 16.5. The molecule has 1 atom stereocenters. The van der Waals surface area contributed by atoms with Gasteiger partial charge >= 0.3 is 0 Å². The minimum Gasteiger partial charge on any atom is -0.496 e. The van der Waals surface area contributed by atoms with E-state index in [9.17, 15) is 0 Å². The Morgan fingerprint density at radius 1 is 1.22 bits per heavy atom. The predicted molar refractivity (Wildman–Crippen MR) is 76.0 cm³/mol. The lowest BCUT2D eigenvalue weighted by Gasteiger charge is -2.33. The van der Waals surface area contributed by atoms with E-state index in [0.717, 1.165) is 5.75 Å². The minimum absolute atomic E-state index is 0.0792. The number of ether oxygens (including phenoxy) is 1. The molecule has 100 valence electrons. The van der Waals surface area contributed by atoms with Gasteiger partial charge in [-0.25, -0.2) is 0 Å². The fourth-order valence-electron chi connectivity index (χ4n) is 3.35. The highest BCUT2D eigenvalue weighted by Crippen LogP contribution is 2.48. The standard InChI is InChI=1S/C16H25NO/c1-11-9-12(2)14(13(10-11)18-4)15(17)16(3)7-5-6-8-16/h9-10,15H,5-8,17H2,1-4H3. The Labute approximate surface area is 111 Å². The average molecular weight is 247 g/mol. The molecule has 0 heterocycles. The van der Waals surface area contributed by atoms with Crippen LogP contribution in [0.25, 0.3) is 0 Å². The second kappa shape index (κ2) is 4.93. The van der Waals surface area contributed by atoms with Gasteiger partial charge in [-0.1, -0.05) is 25.8 Å². The summed E-state index contributed by atoms with van der Waals surface area (Å²) in [6.45, 7) is 6.56. The molecule has 1 saturated carbocycles. The molecule has 2 N–H and O–H groups in total. The predicted octanol–water partition coefficient (Wildman–Crippen LogP) is 3.89. The summed E-state index contributed by atoms with van der Waals surface area (Å²) in [7, 11) is 1.74. The summed E-state index contributed by atoms with van der Waals surface area (Å²) in [4.78, 5) is 0. The van der Waals surface area contributed by atoms with Crippen LogP contribution >= 0.6 is 0 Å². The third-order valence-corrected chi connectivity index (χ3v) is 4.52. The van der Waals surface area contributed by atoms with Gasteiger partial charge in [-0.3, -0.25) is 0 Å². The van der Waals surface area contributed by atoms with E-state index in [0.29, 0.717) is 0 Å². The molecule has 0 amide bonds. The zero-order valence-corrected chi connectivity index (χ0v) is 12.0. The van der Waals surface area contributed by atoms with E-state index < -0.39 is 0 Å². The van der Waals surface area contributed by atoms with E-state index in [2.05, 4.69) is 32.9 Å². The van der Waals surface area contributed by atoms with Gasteiger partial charge in [0.15, 0.2) is 0 Å². The van der Waals surface area contributed by atoms with Crippen LogP contribution in [0, 0.1) is 19.3 Å². The van der Waals surface area contributed by atoms with Crippen LogP contribution in [0.2, 0.25) is 0 Å². The maximum atomic E-state index is 6.58. The maximum absolute atomic E-state index is 6.58. The van der Waals surface area contributed by atoms with E-state index >= 15 is 0 Å². The number of methoxy groups -OCH3 is 1. The van der Waals surface area contributed by atoms with E-state index in [1.807, 2.05) is 0 Å². The Morgan fingerprint density at radius 2 is 1.83 bits per heavy atom. The van der Waals surface area contributed by atoms with E-state index in [1.54, 1.807) is 7.11 Å². The highest BCUT2D eigenvalue weighted by molar-refractivity contribution is 5.45. The van der Waals surface area contributed by atoms with Crippen LogP contribution < -0.4 is 10.5 Å². The third kappa shape index (κ3) is 2.26. The Kier molecular flexibility index (Phi) is 3.67. The number of hydrogen-bond acceptors (Lipinski definition) is 2. The van der Waals surface area contributed by atoms with Crippen LogP contribution in [0.15, 0.2) is 12.1 Å². The zero-order chi connectivity index (χ0) is 13.3. The molecule has 0 bridgehead atoms. The third-order valence-electron chi connectivity index (χ3n) is 4.52. The molecule has 2 rings (SSSR count). The van der Waals surface area contributed by atoms with Crippen molar-refractivity contribution >= 4 is 0 Å².